The largest absolute Gasteiger partial charge is 0.343 e. The number of nitrogens with one attached hydrogen (secondary N) is 1. The molecule has 27 heavy (non-hydrogen) atoms. The van der Waals surface area contributed by atoms with Gasteiger partial charge in [-0.2, -0.15) is 0 Å². The molecule has 2 aromatic rings. The molecule has 2 saturated heterocycles. The predicted octanol–water partition coefficient (Wildman–Crippen LogP) is 2.13. The standard InChI is InChI=1S/C20H28N6O/c27-19(15-25-8-2-1-3-9-25)26-10-4-5-16(14-26)11-17-12-21-13-18(24-17)20-22-6-7-23-20/h6-7,12-13,16H,1-5,8-11,14-15H2,(H,22,23)/t16-/m0/s1. The van der Waals surface area contributed by atoms with Crippen molar-refractivity contribution >= 4 is 5.91 Å². The minimum absolute atomic E-state index is 0.289. The fourth-order valence-electron chi connectivity index (χ4n) is 4.19. The van der Waals surface area contributed by atoms with Gasteiger partial charge in [-0.15, -0.1) is 0 Å². The van der Waals surface area contributed by atoms with Gasteiger partial charge in [0, 0.05) is 31.7 Å². The van der Waals surface area contributed by atoms with E-state index in [0.717, 1.165) is 62.7 Å². The second-order valence-corrected chi connectivity index (χ2v) is 7.72. The molecule has 7 heteroatoms. The summed E-state index contributed by atoms with van der Waals surface area (Å²) in [7, 11) is 0. The Morgan fingerprint density at radius 3 is 2.85 bits per heavy atom. The van der Waals surface area contributed by atoms with E-state index in [1.165, 1.54) is 19.3 Å². The zero-order valence-corrected chi connectivity index (χ0v) is 15.8. The number of carbonyl (C=O) groups is 1. The van der Waals surface area contributed by atoms with Gasteiger partial charge in [-0.3, -0.25) is 14.7 Å². The zero-order chi connectivity index (χ0) is 18.5. The van der Waals surface area contributed by atoms with Crippen LogP contribution in [0.5, 0.6) is 0 Å². The predicted molar refractivity (Wildman–Crippen MR) is 103 cm³/mol. The summed E-state index contributed by atoms with van der Waals surface area (Å²) in [5.74, 6) is 1.48. The van der Waals surface area contributed by atoms with Gasteiger partial charge in [-0.1, -0.05) is 6.42 Å². The van der Waals surface area contributed by atoms with Crippen LogP contribution in [0.4, 0.5) is 0 Å². The van der Waals surface area contributed by atoms with Crippen molar-refractivity contribution in [2.24, 2.45) is 5.92 Å². The summed E-state index contributed by atoms with van der Waals surface area (Å²) < 4.78 is 0. The first-order valence-electron chi connectivity index (χ1n) is 10.1. The molecule has 0 radical (unpaired) electrons. The Kier molecular flexibility index (Phi) is 5.77. The SMILES string of the molecule is O=C(CN1CCCCC1)N1CCC[C@@H](Cc2cncc(-c3ncc[nH]3)n2)C1. The molecule has 0 unspecified atom stereocenters. The summed E-state index contributed by atoms with van der Waals surface area (Å²) in [6.07, 6.45) is 13.9. The van der Waals surface area contributed by atoms with Crippen LogP contribution in [0.25, 0.3) is 11.5 Å². The third kappa shape index (κ3) is 4.71. The number of aromatic amines is 1. The Morgan fingerprint density at radius 1 is 1.15 bits per heavy atom. The summed E-state index contributed by atoms with van der Waals surface area (Å²) in [5.41, 5.74) is 1.74. The van der Waals surface area contributed by atoms with Crippen molar-refractivity contribution in [1.82, 2.24) is 29.7 Å². The van der Waals surface area contributed by atoms with Crippen molar-refractivity contribution < 1.29 is 4.79 Å². The number of piperidine rings is 2. The van der Waals surface area contributed by atoms with Crippen LogP contribution >= 0.6 is 0 Å². The molecule has 0 bridgehead atoms. The minimum Gasteiger partial charge on any atom is -0.343 e. The van der Waals surface area contributed by atoms with Crippen LogP contribution in [0.1, 0.15) is 37.8 Å². The summed E-state index contributed by atoms with van der Waals surface area (Å²) in [6, 6.07) is 0. The van der Waals surface area contributed by atoms with Crippen LogP contribution in [0, 0.1) is 5.92 Å². The van der Waals surface area contributed by atoms with Crippen molar-refractivity contribution in [3.05, 3.63) is 30.5 Å². The Morgan fingerprint density at radius 2 is 2.04 bits per heavy atom. The lowest BCUT2D eigenvalue weighted by Gasteiger charge is -2.35. The average molecular weight is 368 g/mol. The van der Waals surface area contributed by atoms with Gasteiger partial charge in [0.1, 0.15) is 5.69 Å². The quantitative estimate of drug-likeness (QED) is 0.875. The molecule has 0 aliphatic carbocycles. The second kappa shape index (κ2) is 8.61. The Balaban J connectivity index is 1.34. The van der Waals surface area contributed by atoms with E-state index >= 15 is 0 Å². The summed E-state index contributed by atoms with van der Waals surface area (Å²) in [6.45, 7) is 4.44. The maximum absolute atomic E-state index is 12.7. The number of rotatable bonds is 5. The Labute approximate surface area is 160 Å². The third-order valence-electron chi connectivity index (χ3n) is 5.60. The van der Waals surface area contributed by atoms with E-state index in [9.17, 15) is 4.79 Å². The fraction of sp³-hybridized carbons (Fsp3) is 0.600. The van der Waals surface area contributed by atoms with Crippen molar-refractivity contribution in [3.8, 4) is 11.5 Å². The highest BCUT2D eigenvalue weighted by Gasteiger charge is 2.26. The molecule has 2 aliphatic heterocycles. The fourth-order valence-corrected chi connectivity index (χ4v) is 4.19. The van der Waals surface area contributed by atoms with E-state index in [2.05, 4.69) is 24.8 Å². The number of hydrogen-bond donors (Lipinski definition) is 1. The van der Waals surface area contributed by atoms with Gasteiger partial charge in [0.25, 0.3) is 0 Å². The Bertz CT molecular complexity index is 741. The number of imidazole rings is 1. The van der Waals surface area contributed by atoms with Crippen LogP contribution in [0.15, 0.2) is 24.8 Å². The van der Waals surface area contributed by atoms with Crippen molar-refractivity contribution in [1.29, 1.82) is 0 Å². The highest BCUT2D eigenvalue weighted by Crippen LogP contribution is 2.21. The molecule has 0 spiro atoms. The minimum atomic E-state index is 0.289. The van der Waals surface area contributed by atoms with Gasteiger partial charge >= 0.3 is 0 Å². The van der Waals surface area contributed by atoms with Crippen LogP contribution in [0.3, 0.4) is 0 Å². The lowest BCUT2D eigenvalue weighted by molar-refractivity contribution is -0.134. The topological polar surface area (TPSA) is 78.0 Å². The first-order chi connectivity index (χ1) is 13.3. The number of likely N-dealkylation sites (tertiary alicyclic amines) is 2. The molecule has 4 rings (SSSR count). The number of hydrogen-bond acceptors (Lipinski definition) is 5. The molecule has 1 atom stereocenters. The summed E-state index contributed by atoms with van der Waals surface area (Å²) in [4.78, 5) is 33.4. The number of amides is 1. The van der Waals surface area contributed by atoms with E-state index in [1.54, 1.807) is 18.6 Å². The summed E-state index contributed by atoms with van der Waals surface area (Å²) in [5, 5.41) is 0. The molecule has 0 aromatic carbocycles. The lowest BCUT2D eigenvalue weighted by Crippen LogP contribution is -2.46. The van der Waals surface area contributed by atoms with Gasteiger partial charge in [0.05, 0.1) is 18.4 Å². The monoisotopic (exact) mass is 368 g/mol. The van der Waals surface area contributed by atoms with Crippen LogP contribution in [-0.4, -0.2) is 68.4 Å². The van der Waals surface area contributed by atoms with E-state index in [0.29, 0.717) is 12.5 Å². The van der Waals surface area contributed by atoms with E-state index < -0.39 is 0 Å². The molecular formula is C20H28N6O. The van der Waals surface area contributed by atoms with Gasteiger partial charge < -0.3 is 9.88 Å². The first-order valence-corrected chi connectivity index (χ1v) is 10.1. The molecule has 1 amide bonds. The number of nitrogens with zero attached hydrogens (tertiary/aromatic N) is 5. The Hall–Kier alpha value is -2.28. The number of aromatic nitrogens is 4. The maximum Gasteiger partial charge on any atom is 0.236 e. The lowest BCUT2D eigenvalue weighted by atomic mass is 9.93. The smallest absolute Gasteiger partial charge is 0.236 e. The van der Waals surface area contributed by atoms with Crippen LogP contribution in [-0.2, 0) is 11.2 Å². The maximum atomic E-state index is 12.7. The van der Waals surface area contributed by atoms with Gasteiger partial charge in [-0.25, -0.2) is 9.97 Å². The number of H-pyrrole nitrogens is 1. The van der Waals surface area contributed by atoms with E-state index in [1.807, 2.05) is 6.20 Å². The van der Waals surface area contributed by atoms with Crippen molar-refractivity contribution in [2.75, 3.05) is 32.7 Å². The molecule has 4 heterocycles. The second-order valence-electron chi connectivity index (χ2n) is 7.72. The van der Waals surface area contributed by atoms with Gasteiger partial charge in [0.15, 0.2) is 5.82 Å². The third-order valence-corrected chi connectivity index (χ3v) is 5.60. The highest BCUT2D eigenvalue weighted by molar-refractivity contribution is 5.78. The molecule has 0 saturated carbocycles. The molecule has 7 nitrogen and oxygen atoms in total. The van der Waals surface area contributed by atoms with Crippen LogP contribution in [0.2, 0.25) is 0 Å². The normalized spacial score (nSPS) is 21.3. The van der Waals surface area contributed by atoms with Gasteiger partial charge in [-0.05, 0) is 51.1 Å². The molecule has 1 N–H and O–H groups in total. The molecule has 2 aromatic heterocycles. The van der Waals surface area contributed by atoms with Gasteiger partial charge in [0.2, 0.25) is 5.91 Å². The van der Waals surface area contributed by atoms with E-state index in [-0.39, 0.29) is 5.91 Å². The highest BCUT2D eigenvalue weighted by atomic mass is 16.2. The van der Waals surface area contributed by atoms with Crippen LogP contribution < -0.4 is 0 Å². The molecule has 2 aliphatic rings. The average Bonchev–Trinajstić information content (AvgIpc) is 3.24. The number of carbonyl (C=O) groups excluding carboxylic acids is 1. The summed E-state index contributed by atoms with van der Waals surface area (Å²) >= 11 is 0. The molecule has 144 valence electrons. The first kappa shape index (κ1) is 18.1. The van der Waals surface area contributed by atoms with Crippen molar-refractivity contribution in [3.63, 3.8) is 0 Å². The van der Waals surface area contributed by atoms with Crippen molar-refractivity contribution in [2.45, 2.75) is 38.5 Å². The zero-order valence-electron chi connectivity index (χ0n) is 15.8. The molecular weight excluding hydrogens is 340 g/mol. The molecule has 2 fully saturated rings. The van der Waals surface area contributed by atoms with E-state index in [4.69, 9.17) is 4.98 Å².